The number of hydrogen-bond donors (Lipinski definition) is 4. The highest BCUT2D eigenvalue weighted by Gasteiger charge is 2.52. The van der Waals surface area contributed by atoms with Crippen molar-refractivity contribution in [1.29, 1.82) is 0 Å². The van der Waals surface area contributed by atoms with Crippen molar-refractivity contribution in [3.63, 3.8) is 0 Å². The number of amides is 2. The fourth-order valence-corrected chi connectivity index (χ4v) is 6.49. The van der Waals surface area contributed by atoms with Crippen LogP contribution < -0.4 is 10.6 Å². The van der Waals surface area contributed by atoms with Crippen molar-refractivity contribution in [2.45, 2.75) is 37.6 Å². The molecule has 0 fully saturated rings. The topological polar surface area (TPSA) is 93.0 Å². The van der Waals surface area contributed by atoms with E-state index in [4.69, 9.17) is 0 Å². The molecular weight excluding hydrogens is 586 g/mol. The number of nitrogens with one attached hydrogen (secondary N) is 4. The number of carbonyl (C=O) groups excluding carboxylic acids is 2. The van der Waals surface area contributed by atoms with Gasteiger partial charge in [-0.3, -0.25) is 14.5 Å². The number of carbonyl (C=O) groups is 2. The highest BCUT2D eigenvalue weighted by atomic mass is 19.4. The van der Waals surface area contributed by atoms with Crippen molar-refractivity contribution in [3.05, 3.63) is 119 Å². The van der Waals surface area contributed by atoms with E-state index >= 15 is 0 Å². The molecule has 0 bridgehead atoms. The highest BCUT2D eigenvalue weighted by Crippen LogP contribution is 2.46. The van der Waals surface area contributed by atoms with Crippen molar-refractivity contribution >= 4 is 33.6 Å². The molecular formula is C34H31F4N5O2. The standard InChI is InChI=1S/C34H31F4N5O2/c1-21(44)42-33(43-15-7-2-8-16-43,28-20-40-29-12-6-4-10-24(28)29)31(26-19-39-30-14-13-23(35)17-25(26)30)32(45)41-18-22-9-3-5-11-27(22)34(36,37)38/h2-7,9-14,17,19-20,31,39-40H,8,15-16,18H2,1H3,(H,41,45)(H,42,44). The molecule has 0 saturated heterocycles. The summed E-state index contributed by atoms with van der Waals surface area (Å²) in [4.78, 5) is 36.2. The van der Waals surface area contributed by atoms with Gasteiger partial charge in [0.25, 0.3) is 0 Å². The molecule has 2 amide bonds. The fourth-order valence-electron chi connectivity index (χ4n) is 6.49. The van der Waals surface area contributed by atoms with Crippen molar-refractivity contribution in [3.8, 4) is 0 Å². The number of aromatic nitrogens is 2. The number of fused-ring (bicyclic) bond motifs is 2. The monoisotopic (exact) mass is 617 g/mol. The average molecular weight is 618 g/mol. The largest absolute Gasteiger partial charge is 0.416 e. The maximum absolute atomic E-state index is 14.7. The number of hydrogen-bond acceptors (Lipinski definition) is 3. The lowest BCUT2D eigenvalue weighted by Gasteiger charge is -2.49. The van der Waals surface area contributed by atoms with Gasteiger partial charge in [-0.1, -0.05) is 48.6 Å². The number of aromatic amines is 2. The third-order valence-electron chi connectivity index (χ3n) is 8.37. The van der Waals surface area contributed by atoms with Gasteiger partial charge in [0.15, 0.2) is 0 Å². The van der Waals surface area contributed by atoms with E-state index in [1.807, 2.05) is 41.3 Å². The van der Waals surface area contributed by atoms with Crippen LogP contribution in [0.2, 0.25) is 0 Å². The SMILES string of the molecule is CC(=O)NC(c1c[nH]c2ccccc12)(C(C(=O)NCc1ccccc1C(F)(F)F)c1c[nH]c2ccc(F)cc12)N1CC=CCC1. The molecule has 232 valence electrons. The number of halogens is 4. The van der Waals surface area contributed by atoms with E-state index in [1.54, 1.807) is 18.5 Å². The molecule has 0 saturated carbocycles. The summed E-state index contributed by atoms with van der Waals surface area (Å²) in [7, 11) is 0. The van der Waals surface area contributed by atoms with Gasteiger partial charge in [-0.2, -0.15) is 13.2 Å². The summed E-state index contributed by atoms with van der Waals surface area (Å²) in [5.41, 5.74) is -0.239. The zero-order valence-corrected chi connectivity index (χ0v) is 24.3. The molecule has 4 N–H and O–H groups in total. The number of nitrogens with zero attached hydrogens (tertiary/aromatic N) is 1. The Bertz CT molecular complexity index is 1910. The third-order valence-corrected chi connectivity index (χ3v) is 8.37. The smallest absolute Gasteiger partial charge is 0.361 e. The molecule has 3 aromatic carbocycles. The average Bonchev–Trinajstić information content (AvgIpc) is 3.64. The normalized spacial score (nSPS) is 16.0. The van der Waals surface area contributed by atoms with Crippen molar-refractivity contribution in [1.82, 2.24) is 25.5 Å². The third kappa shape index (κ3) is 5.59. The van der Waals surface area contributed by atoms with E-state index in [9.17, 15) is 27.2 Å². The zero-order chi connectivity index (χ0) is 31.8. The summed E-state index contributed by atoms with van der Waals surface area (Å²) >= 11 is 0. The van der Waals surface area contributed by atoms with Crippen molar-refractivity contribution in [2.24, 2.45) is 0 Å². The van der Waals surface area contributed by atoms with Crippen LogP contribution in [0.25, 0.3) is 21.8 Å². The van der Waals surface area contributed by atoms with Crippen molar-refractivity contribution < 1.29 is 27.2 Å². The minimum atomic E-state index is -4.63. The molecule has 5 aromatic rings. The second-order valence-corrected chi connectivity index (χ2v) is 11.1. The first-order valence-corrected chi connectivity index (χ1v) is 14.5. The number of para-hydroxylation sites is 1. The van der Waals surface area contributed by atoms with Crippen LogP contribution in [-0.2, 0) is 28.0 Å². The summed E-state index contributed by atoms with van der Waals surface area (Å²) in [6.07, 6.45) is 3.29. The van der Waals surface area contributed by atoms with Crippen LogP contribution >= 0.6 is 0 Å². The van der Waals surface area contributed by atoms with Crippen LogP contribution in [0, 0.1) is 5.82 Å². The quantitative estimate of drug-likeness (QED) is 0.119. The lowest BCUT2D eigenvalue weighted by Crippen LogP contribution is -2.64. The van der Waals surface area contributed by atoms with E-state index in [1.165, 1.54) is 37.3 Å². The van der Waals surface area contributed by atoms with E-state index in [2.05, 4.69) is 20.6 Å². The van der Waals surface area contributed by atoms with Crippen LogP contribution in [-0.4, -0.2) is 39.8 Å². The molecule has 1 aliphatic heterocycles. The van der Waals surface area contributed by atoms with Crippen LogP contribution in [0.4, 0.5) is 17.6 Å². The predicted octanol–water partition coefficient (Wildman–Crippen LogP) is 6.46. The summed E-state index contributed by atoms with van der Waals surface area (Å²) < 4.78 is 56.3. The van der Waals surface area contributed by atoms with Gasteiger partial charge in [-0.25, -0.2) is 4.39 Å². The fraction of sp³-hybridized carbons (Fsp3) is 0.235. The molecule has 0 radical (unpaired) electrons. The van der Waals surface area contributed by atoms with E-state index in [0.717, 1.165) is 17.0 Å². The number of alkyl halides is 3. The Hall–Kier alpha value is -4.90. The Balaban J connectivity index is 1.59. The van der Waals surface area contributed by atoms with Gasteiger partial charge in [0.05, 0.1) is 5.56 Å². The Morgan fingerprint density at radius 3 is 2.40 bits per heavy atom. The Kier molecular flexibility index (Phi) is 7.96. The number of benzene rings is 3. The van der Waals surface area contributed by atoms with Gasteiger partial charge in [0.2, 0.25) is 11.8 Å². The van der Waals surface area contributed by atoms with Gasteiger partial charge in [0, 0.05) is 66.3 Å². The molecule has 0 aliphatic carbocycles. The predicted molar refractivity (Wildman–Crippen MR) is 163 cm³/mol. The minimum Gasteiger partial charge on any atom is -0.361 e. The van der Waals surface area contributed by atoms with Crippen LogP contribution in [0.1, 0.15) is 41.5 Å². The maximum atomic E-state index is 14.7. The molecule has 2 atom stereocenters. The van der Waals surface area contributed by atoms with Crippen LogP contribution in [0.5, 0.6) is 0 Å². The summed E-state index contributed by atoms with van der Waals surface area (Å²) in [6.45, 7) is 1.74. The van der Waals surface area contributed by atoms with Crippen LogP contribution in [0.15, 0.2) is 91.3 Å². The lowest BCUT2D eigenvalue weighted by atomic mass is 9.77. The molecule has 7 nitrogen and oxygen atoms in total. The summed E-state index contributed by atoms with van der Waals surface area (Å²) in [5.74, 6) is -2.85. The van der Waals surface area contributed by atoms with Gasteiger partial charge in [0.1, 0.15) is 17.4 Å². The highest BCUT2D eigenvalue weighted by molar-refractivity contribution is 5.95. The number of rotatable bonds is 8. The Labute approximate surface area is 256 Å². The lowest BCUT2D eigenvalue weighted by molar-refractivity contribution is -0.139. The molecule has 1 aliphatic rings. The van der Waals surface area contributed by atoms with Gasteiger partial charge in [-0.15, -0.1) is 0 Å². The molecule has 3 heterocycles. The molecule has 11 heteroatoms. The van der Waals surface area contributed by atoms with Gasteiger partial charge < -0.3 is 20.6 Å². The Morgan fingerprint density at radius 2 is 1.64 bits per heavy atom. The molecule has 0 spiro atoms. The van der Waals surface area contributed by atoms with Gasteiger partial charge in [-0.05, 0) is 47.9 Å². The summed E-state index contributed by atoms with van der Waals surface area (Å²) in [5, 5.41) is 7.03. The second kappa shape index (κ2) is 11.9. The van der Waals surface area contributed by atoms with Crippen molar-refractivity contribution in [2.75, 3.05) is 13.1 Å². The van der Waals surface area contributed by atoms with E-state index in [0.29, 0.717) is 41.5 Å². The molecule has 45 heavy (non-hydrogen) atoms. The zero-order valence-electron chi connectivity index (χ0n) is 24.3. The van der Waals surface area contributed by atoms with E-state index < -0.39 is 47.5 Å². The molecule has 2 aromatic heterocycles. The van der Waals surface area contributed by atoms with E-state index in [-0.39, 0.29) is 5.56 Å². The number of H-pyrrole nitrogens is 2. The minimum absolute atomic E-state index is 0.111. The van der Waals surface area contributed by atoms with Crippen LogP contribution in [0.3, 0.4) is 0 Å². The van der Waals surface area contributed by atoms with Gasteiger partial charge >= 0.3 is 6.18 Å². The molecule has 6 rings (SSSR count). The first-order chi connectivity index (χ1) is 21.6. The Morgan fingerprint density at radius 1 is 0.911 bits per heavy atom. The summed E-state index contributed by atoms with van der Waals surface area (Å²) in [6, 6.07) is 16.7. The second-order valence-electron chi connectivity index (χ2n) is 11.1. The first kappa shape index (κ1) is 30.1. The maximum Gasteiger partial charge on any atom is 0.416 e. The molecule has 2 unspecified atom stereocenters. The first-order valence-electron chi connectivity index (χ1n) is 14.5.